The van der Waals surface area contributed by atoms with Crippen LogP contribution in [0.25, 0.3) is 0 Å². The van der Waals surface area contributed by atoms with Crippen LogP contribution in [0.15, 0.2) is 12.2 Å². The molecule has 86 valence electrons. The normalized spacial score (nSPS) is 10.5. The second-order valence-corrected chi connectivity index (χ2v) is 3.23. The Morgan fingerprint density at radius 3 is 2.60 bits per heavy atom. The maximum absolute atomic E-state index is 11.0. The second-order valence-electron chi connectivity index (χ2n) is 3.23. The zero-order valence-corrected chi connectivity index (χ0v) is 9.07. The predicted octanol–water partition coefficient (Wildman–Crippen LogP) is 2.14. The maximum atomic E-state index is 11.0. The van der Waals surface area contributed by atoms with Gasteiger partial charge in [0, 0.05) is 6.08 Å². The van der Waals surface area contributed by atoms with Crippen molar-refractivity contribution in [2.45, 2.75) is 39.0 Å². The summed E-state index contributed by atoms with van der Waals surface area (Å²) in [5, 5.41) is 8.30. The van der Waals surface area contributed by atoms with E-state index in [1.165, 1.54) is 6.08 Å². The van der Waals surface area contributed by atoms with Crippen LogP contribution in [-0.2, 0) is 14.3 Å². The van der Waals surface area contributed by atoms with Crippen LogP contribution >= 0.6 is 0 Å². The molecule has 15 heavy (non-hydrogen) atoms. The van der Waals surface area contributed by atoms with Gasteiger partial charge in [-0.05, 0) is 6.42 Å². The quantitative estimate of drug-likeness (QED) is 0.382. The Morgan fingerprint density at radius 1 is 1.27 bits per heavy atom. The summed E-state index contributed by atoms with van der Waals surface area (Å²) in [7, 11) is 0. The van der Waals surface area contributed by atoms with E-state index < -0.39 is 11.9 Å². The molecule has 0 aromatic heterocycles. The van der Waals surface area contributed by atoms with E-state index in [9.17, 15) is 9.59 Å². The lowest BCUT2D eigenvalue weighted by atomic mass is 10.2. The van der Waals surface area contributed by atoms with Crippen molar-refractivity contribution < 1.29 is 19.4 Å². The number of aliphatic carboxylic acids is 1. The van der Waals surface area contributed by atoms with Crippen LogP contribution in [-0.4, -0.2) is 23.7 Å². The van der Waals surface area contributed by atoms with Crippen LogP contribution in [0.2, 0.25) is 0 Å². The summed E-state index contributed by atoms with van der Waals surface area (Å²) in [5.74, 6) is -1.42. The van der Waals surface area contributed by atoms with Gasteiger partial charge in [-0.3, -0.25) is 4.79 Å². The lowest BCUT2D eigenvalue weighted by molar-refractivity contribution is -0.137. The number of ether oxygens (including phenoxy) is 1. The zero-order chi connectivity index (χ0) is 11.5. The first-order valence-corrected chi connectivity index (χ1v) is 5.22. The first kappa shape index (κ1) is 13.7. The molecular formula is C11H18O4. The first-order chi connectivity index (χ1) is 7.16. The fraction of sp³-hybridized carbons (Fsp3) is 0.636. The summed E-state index contributed by atoms with van der Waals surface area (Å²) in [4.78, 5) is 21.1. The van der Waals surface area contributed by atoms with Crippen molar-refractivity contribution in [3.8, 4) is 0 Å². The highest BCUT2D eigenvalue weighted by atomic mass is 16.5. The Balaban J connectivity index is 3.40. The molecule has 0 rings (SSSR count). The molecule has 0 fully saturated rings. The Kier molecular flexibility index (Phi) is 8.43. The van der Waals surface area contributed by atoms with Gasteiger partial charge in [-0.15, -0.1) is 0 Å². The van der Waals surface area contributed by atoms with Crippen molar-refractivity contribution in [2.24, 2.45) is 0 Å². The van der Waals surface area contributed by atoms with Gasteiger partial charge in [0.25, 0.3) is 0 Å². The van der Waals surface area contributed by atoms with Gasteiger partial charge in [0.05, 0.1) is 13.0 Å². The summed E-state index contributed by atoms with van der Waals surface area (Å²) in [6, 6.07) is 0. The highest BCUT2D eigenvalue weighted by molar-refractivity contribution is 5.82. The summed E-state index contributed by atoms with van der Waals surface area (Å²) in [6.45, 7) is 2.52. The number of carboxylic acids is 1. The number of rotatable bonds is 8. The van der Waals surface area contributed by atoms with Crippen LogP contribution in [0.5, 0.6) is 0 Å². The van der Waals surface area contributed by atoms with Gasteiger partial charge in [0.15, 0.2) is 0 Å². The first-order valence-electron chi connectivity index (χ1n) is 5.22. The van der Waals surface area contributed by atoms with Crippen molar-refractivity contribution >= 4 is 11.9 Å². The monoisotopic (exact) mass is 214 g/mol. The number of hydrogen-bond donors (Lipinski definition) is 1. The van der Waals surface area contributed by atoms with Crippen LogP contribution in [0.4, 0.5) is 0 Å². The number of carbonyl (C=O) groups excluding carboxylic acids is 1. The summed E-state index contributed by atoms with van der Waals surface area (Å²) in [6.07, 6.45) is 6.52. The number of hydrogen-bond acceptors (Lipinski definition) is 3. The molecule has 0 amide bonds. The summed E-state index contributed by atoms with van der Waals surface area (Å²) >= 11 is 0. The SMILES string of the molecule is CCCCCCOC(=O)C=CCC(=O)O. The Morgan fingerprint density at radius 2 is 2.00 bits per heavy atom. The molecule has 0 unspecified atom stereocenters. The van der Waals surface area contributed by atoms with Crippen molar-refractivity contribution in [1.82, 2.24) is 0 Å². The molecule has 0 heterocycles. The van der Waals surface area contributed by atoms with Crippen molar-refractivity contribution in [3.05, 3.63) is 12.2 Å². The third kappa shape index (κ3) is 10.6. The molecule has 0 aromatic carbocycles. The molecule has 4 nitrogen and oxygen atoms in total. The molecular weight excluding hydrogens is 196 g/mol. The molecule has 0 aliphatic rings. The van der Waals surface area contributed by atoms with Gasteiger partial charge in [-0.2, -0.15) is 0 Å². The molecule has 0 saturated heterocycles. The minimum atomic E-state index is -0.956. The molecule has 0 aliphatic carbocycles. The Hall–Kier alpha value is -1.32. The van der Waals surface area contributed by atoms with Crippen LogP contribution in [0.1, 0.15) is 39.0 Å². The summed E-state index contributed by atoms with van der Waals surface area (Å²) in [5.41, 5.74) is 0. The van der Waals surface area contributed by atoms with Crippen LogP contribution < -0.4 is 0 Å². The van der Waals surface area contributed by atoms with Crippen LogP contribution in [0.3, 0.4) is 0 Å². The van der Waals surface area contributed by atoms with Crippen molar-refractivity contribution in [2.75, 3.05) is 6.61 Å². The molecule has 4 heteroatoms. The highest BCUT2D eigenvalue weighted by Gasteiger charge is 1.97. The third-order valence-electron chi connectivity index (χ3n) is 1.79. The lowest BCUT2D eigenvalue weighted by Crippen LogP contribution is -2.02. The van der Waals surface area contributed by atoms with E-state index in [2.05, 4.69) is 6.92 Å². The van der Waals surface area contributed by atoms with E-state index in [4.69, 9.17) is 9.84 Å². The highest BCUT2D eigenvalue weighted by Crippen LogP contribution is 1.99. The average Bonchev–Trinajstić information content (AvgIpc) is 2.17. The van der Waals surface area contributed by atoms with E-state index in [1.54, 1.807) is 0 Å². The van der Waals surface area contributed by atoms with Gasteiger partial charge in [-0.25, -0.2) is 4.79 Å². The molecule has 0 bridgehead atoms. The van der Waals surface area contributed by atoms with Gasteiger partial charge in [-0.1, -0.05) is 32.3 Å². The fourth-order valence-electron chi connectivity index (χ4n) is 1.01. The minimum Gasteiger partial charge on any atom is -0.481 e. The third-order valence-corrected chi connectivity index (χ3v) is 1.79. The Bertz CT molecular complexity index is 221. The van der Waals surface area contributed by atoms with Gasteiger partial charge < -0.3 is 9.84 Å². The van der Waals surface area contributed by atoms with Gasteiger partial charge in [0.1, 0.15) is 0 Å². The van der Waals surface area contributed by atoms with Crippen molar-refractivity contribution in [3.63, 3.8) is 0 Å². The molecule has 0 aliphatic heterocycles. The zero-order valence-electron chi connectivity index (χ0n) is 9.07. The number of unbranched alkanes of at least 4 members (excludes halogenated alkanes) is 3. The van der Waals surface area contributed by atoms with E-state index >= 15 is 0 Å². The summed E-state index contributed by atoms with van der Waals surface area (Å²) < 4.78 is 4.85. The largest absolute Gasteiger partial charge is 0.481 e. The number of carboxylic acid groups (broad SMARTS) is 1. The Labute approximate surface area is 89.9 Å². The lowest BCUT2D eigenvalue weighted by Gasteiger charge is -2.00. The van der Waals surface area contributed by atoms with Crippen LogP contribution in [0, 0.1) is 0 Å². The van der Waals surface area contributed by atoms with Gasteiger partial charge >= 0.3 is 11.9 Å². The number of esters is 1. The maximum Gasteiger partial charge on any atom is 0.330 e. The fourth-order valence-corrected chi connectivity index (χ4v) is 1.01. The molecule has 0 spiro atoms. The molecule has 0 saturated carbocycles. The average molecular weight is 214 g/mol. The molecule has 0 radical (unpaired) electrons. The predicted molar refractivity (Wildman–Crippen MR) is 56.5 cm³/mol. The van der Waals surface area contributed by atoms with E-state index in [0.717, 1.165) is 31.8 Å². The second kappa shape index (κ2) is 9.24. The number of carbonyl (C=O) groups is 2. The standard InChI is InChI=1S/C11H18O4/c1-2-3-4-5-9-15-11(14)8-6-7-10(12)13/h6,8H,2-5,7,9H2,1H3,(H,12,13). The van der Waals surface area contributed by atoms with E-state index in [-0.39, 0.29) is 6.42 Å². The topological polar surface area (TPSA) is 63.6 Å². The van der Waals surface area contributed by atoms with Gasteiger partial charge in [0.2, 0.25) is 0 Å². The van der Waals surface area contributed by atoms with E-state index in [1.807, 2.05) is 0 Å². The van der Waals surface area contributed by atoms with E-state index in [0.29, 0.717) is 6.61 Å². The molecule has 1 N–H and O–H groups in total. The van der Waals surface area contributed by atoms with Crippen molar-refractivity contribution in [1.29, 1.82) is 0 Å². The molecule has 0 aromatic rings. The minimum absolute atomic E-state index is 0.148. The molecule has 0 atom stereocenters. The smallest absolute Gasteiger partial charge is 0.330 e.